The molecule has 0 amide bonds. The first-order valence-electron chi connectivity index (χ1n) is 5.30. The highest BCUT2D eigenvalue weighted by Gasteiger charge is 2.16. The molecular formula is C12H11Br2NO3. The molecule has 0 saturated carbocycles. The van der Waals surface area contributed by atoms with Gasteiger partial charge in [-0.25, -0.2) is 4.79 Å². The Morgan fingerprint density at radius 1 is 1.39 bits per heavy atom. The minimum Gasteiger partial charge on any atom is -0.494 e. The Hall–Kier alpha value is -1.01. The maximum atomic E-state index is 11.7. The van der Waals surface area contributed by atoms with E-state index >= 15 is 0 Å². The Morgan fingerprint density at radius 3 is 2.72 bits per heavy atom. The topological polar surface area (TPSA) is 51.3 Å². The third-order valence-electron chi connectivity index (χ3n) is 2.47. The summed E-state index contributed by atoms with van der Waals surface area (Å²) in [6.45, 7) is 2.12. The zero-order valence-corrected chi connectivity index (χ0v) is 13.0. The molecule has 0 aliphatic carbocycles. The zero-order valence-electron chi connectivity index (χ0n) is 9.84. The lowest BCUT2D eigenvalue weighted by Gasteiger charge is -2.06. The number of hydrogen-bond donors (Lipinski definition) is 1. The van der Waals surface area contributed by atoms with Gasteiger partial charge in [0.25, 0.3) is 0 Å². The zero-order chi connectivity index (χ0) is 13.3. The quantitative estimate of drug-likeness (QED) is 0.827. The monoisotopic (exact) mass is 375 g/mol. The Labute approximate surface area is 121 Å². The molecule has 6 heteroatoms. The number of carbonyl (C=O) groups excluding carboxylic acids is 1. The summed E-state index contributed by atoms with van der Waals surface area (Å²) in [4.78, 5) is 14.7. The van der Waals surface area contributed by atoms with Crippen LogP contribution in [0.15, 0.2) is 21.1 Å². The van der Waals surface area contributed by atoms with Gasteiger partial charge in [0.15, 0.2) is 0 Å². The number of halogens is 2. The van der Waals surface area contributed by atoms with E-state index < -0.39 is 0 Å². The normalized spacial score (nSPS) is 10.7. The lowest BCUT2D eigenvalue weighted by Crippen LogP contribution is -2.04. The lowest BCUT2D eigenvalue weighted by atomic mass is 10.2. The van der Waals surface area contributed by atoms with Gasteiger partial charge in [-0.1, -0.05) is 0 Å². The molecule has 4 nitrogen and oxygen atoms in total. The van der Waals surface area contributed by atoms with Crippen LogP contribution in [-0.2, 0) is 4.74 Å². The van der Waals surface area contributed by atoms with Crippen LogP contribution in [0.3, 0.4) is 0 Å². The number of hydrogen-bond acceptors (Lipinski definition) is 3. The fourth-order valence-electron chi connectivity index (χ4n) is 1.69. The van der Waals surface area contributed by atoms with Crippen LogP contribution in [0.25, 0.3) is 10.9 Å². The molecule has 1 aromatic carbocycles. The highest BCUT2D eigenvalue weighted by molar-refractivity contribution is 9.11. The molecule has 2 rings (SSSR count). The Balaban J connectivity index is 2.58. The van der Waals surface area contributed by atoms with E-state index in [-0.39, 0.29) is 5.97 Å². The second-order valence-electron chi connectivity index (χ2n) is 3.57. The van der Waals surface area contributed by atoms with E-state index in [2.05, 4.69) is 36.8 Å². The van der Waals surface area contributed by atoms with Gasteiger partial charge in [-0.3, -0.25) is 0 Å². The van der Waals surface area contributed by atoms with Crippen molar-refractivity contribution >= 4 is 48.7 Å². The third-order valence-corrected chi connectivity index (χ3v) is 3.85. The van der Waals surface area contributed by atoms with Crippen LogP contribution in [0.2, 0.25) is 0 Å². The molecule has 96 valence electrons. The molecule has 0 spiro atoms. The van der Waals surface area contributed by atoms with Crippen molar-refractivity contribution in [1.82, 2.24) is 4.98 Å². The Morgan fingerprint density at radius 2 is 2.11 bits per heavy atom. The molecule has 0 saturated heterocycles. The van der Waals surface area contributed by atoms with E-state index in [1.807, 2.05) is 6.07 Å². The average Bonchev–Trinajstić information content (AvgIpc) is 2.74. The second kappa shape index (κ2) is 5.32. The summed E-state index contributed by atoms with van der Waals surface area (Å²) >= 11 is 6.88. The molecule has 0 atom stereocenters. The Kier molecular flexibility index (Phi) is 3.97. The van der Waals surface area contributed by atoms with Crippen LogP contribution in [0.1, 0.15) is 17.4 Å². The number of nitrogens with one attached hydrogen (secondary N) is 1. The van der Waals surface area contributed by atoms with Gasteiger partial charge in [-0.2, -0.15) is 0 Å². The first-order valence-corrected chi connectivity index (χ1v) is 6.89. The molecule has 0 bridgehead atoms. The number of rotatable bonds is 3. The van der Waals surface area contributed by atoms with Gasteiger partial charge in [0, 0.05) is 10.9 Å². The summed E-state index contributed by atoms with van der Waals surface area (Å²) < 4.78 is 11.8. The van der Waals surface area contributed by atoms with Gasteiger partial charge in [0.05, 0.1) is 22.7 Å². The predicted octanol–water partition coefficient (Wildman–Crippen LogP) is 3.88. The van der Waals surface area contributed by atoms with Crippen LogP contribution in [0.4, 0.5) is 0 Å². The van der Waals surface area contributed by atoms with Gasteiger partial charge in [-0.05, 0) is 50.9 Å². The number of aromatic nitrogens is 1. The van der Waals surface area contributed by atoms with Gasteiger partial charge in [0.1, 0.15) is 11.4 Å². The van der Waals surface area contributed by atoms with Crippen LogP contribution >= 0.6 is 31.9 Å². The second-order valence-corrected chi connectivity index (χ2v) is 5.22. The number of fused-ring (bicyclic) bond motifs is 1. The number of esters is 1. The SMILES string of the molecule is CCOC(=O)c1cc2c(Br)c(OC)c(Br)cc2[nH]1. The van der Waals surface area contributed by atoms with Crippen molar-refractivity contribution in [2.75, 3.05) is 13.7 Å². The molecule has 0 fully saturated rings. The molecule has 2 aromatic rings. The van der Waals surface area contributed by atoms with Crippen LogP contribution in [0.5, 0.6) is 5.75 Å². The first-order chi connectivity index (χ1) is 8.58. The van der Waals surface area contributed by atoms with E-state index in [1.54, 1.807) is 20.1 Å². The fraction of sp³-hybridized carbons (Fsp3) is 0.250. The van der Waals surface area contributed by atoms with Gasteiger partial charge < -0.3 is 14.5 Å². The first kappa shape index (κ1) is 13.4. The van der Waals surface area contributed by atoms with Crippen molar-refractivity contribution in [3.05, 3.63) is 26.8 Å². The summed E-state index contributed by atoms with van der Waals surface area (Å²) in [5, 5.41) is 0.873. The average molecular weight is 377 g/mol. The smallest absolute Gasteiger partial charge is 0.354 e. The number of H-pyrrole nitrogens is 1. The molecule has 1 aromatic heterocycles. The van der Waals surface area contributed by atoms with E-state index in [4.69, 9.17) is 9.47 Å². The van der Waals surface area contributed by atoms with Crippen LogP contribution in [0, 0.1) is 0 Å². The highest BCUT2D eigenvalue weighted by atomic mass is 79.9. The van der Waals surface area contributed by atoms with Crippen molar-refractivity contribution in [3.8, 4) is 5.75 Å². The van der Waals surface area contributed by atoms with E-state index in [0.29, 0.717) is 18.1 Å². The van der Waals surface area contributed by atoms with Crippen molar-refractivity contribution in [2.24, 2.45) is 0 Å². The predicted molar refractivity (Wildman–Crippen MR) is 76.2 cm³/mol. The van der Waals surface area contributed by atoms with Crippen molar-refractivity contribution < 1.29 is 14.3 Å². The molecule has 0 unspecified atom stereocenters. The maximum absolute atomic E-state index is 11.7. The number of carbonyl (C=O) groups is 1. The number of aromatic amines is 1. The number of benzene rings is 1. The fourth-order valence-corrected chi connectivity index (χ4v) is 3.25. The van der Waals surface area contributed by atoms with Gasteiger partial charge in [0.2, 0.25) is 0 Å². The minimum absolute atomic E-state index is 0.350. The van der Waals surface area contributed by atoms with Gasteiger partial charge in [-0.15, -0.1) is 0 Å². The molecule has 1 N–H and O–H groups in total. The molecule has 0 aliphatic heterocycles. The summed E-state index contributed by atoms with van der Waals surface area (Å²) in [6, 6.07) is 3.61. The molecule has 0 aliphatic rings. The Bertz CT molecular complexity index is 607. The van der Waals surface area contributed by atoms with E-state index in [1.165, 1.54) is 0 Å². The molecule has 0 radical (unpaired) electrons. The standard InChI is InChI=1S/C12H11Br2NO3/c1-3-18-12(16)9-4-6-8(15-9)5-7(13)11(17-2)10(6)14/h4-5,15H,3H2,1-2H3. The summed E-state index contributed by atoms with van der Waals surface area (Å²) in [5.41, 5.74) is 1.25. The molecular weight excluding hydrogens is 366 g/mol. The third kappa shape index (κ3) is 2.27. The van der Waals surface area contributed by atoms with Crippen LogP contribution in [-0.4, -0.2) is 24.7 Å². The maximum Gasteiger partial charge on any atom is 0.354 e. The van der Waals surface area contributed by atoms with Crippen molar-refractivity contribution in [2.45, 2.75) is 6.92 Å². The van der Waals surface area contributed by atoms with Crippen LogP contribution < -0.4 is 4.74 Å². The number of methoxy groups -OCH3 is 1. The van der Waals surface area contributed by atoms with E-state index in [9.17, 15) is 4.79 Å². The highest BCUT2D eigenvalue weighted by Crippen LogP contribution is 2.39. The number of ether oxygens (including phenoxy) is 2. The largest absolute Gasteiger partial charge is 0.494 e. The summed E-state index contributed by atoms with van der Waals surface area (Å²) in [6.07, 6.45) is 0. The van der Waals surface area contributed by atoms with Crippen molar-refractivity contribution in [1.29, 1.82) is 0 Å². The lowest BCUT2D eigenvalue weighted by molar-refractivity contribution is 0.0520. The minimum atomic E-state index is -0.365. The summed E-state index contributed by atoms with van der Waals surface area (Å²) in [7, 11) is 1.59. The van der Waals surface area contributed by atoms with Crippen molar-refractivity contribution in [3.63, 3.8) is 0 Å². The summed E-state index contributed by atoms with van der Waals surface area (Å²) in [5.74, 6) is 0.326. The molecule has 1 heterocycles. The van der Waals surface area contributed by atoms with E-state index in [0.717, 1.165) is 19.8 Å². The molecule has 18 heavy (non-hydrogen) atoms. The van der Waals surface area contributed by atoms with Gasteiger partial charge >= 0.3 is 5.97 Å².